The highest BCUT2D eigenvalue weighted by molar-refractivity contribution is 6.03. The van der Waals surface area contributed by atoms with Crippen molar-refractivity contribution in [3.8, 4) is 0 Å². The maximum Gasteiger partial charge on any atom is 0.243 e. The van der Waals surface area contributed by atoms with Gasteiger partial charge in [-0.15, -0.1) is 0 Å². The maximum absolute atomic E-state index is 12.9. The van der Waals surface area contributed by atoms with Crippen LogP contribution in [0.25, 0.3) is 0 Å². The number of nitrogens with zero attached hydrogens (tertiary/aromatic N) is 3. The van der Waals surface area contributed by atoms with Gasteiger partial charge in [-0.2, -0.15) is 0 Å². The number of aryl methyl sites for hydroxylation is 2. The summed E-state index contributed by atoms with van der Waals surface area (Å²) in [5.41, 5.74) is 5.94. The molecule has 6 heteroatoms. The van der Waals surface area contributed by atoms with Crippen LogP contribution in [0, 0.1) is 13.8 Å². The average molecular weight is 449 g/mol. The van der Waals surface area contributed by atoms with E-state index >= 15 is 0 Å². The van der Waals surface area contributed by atoms with Gasteiger partial charge in [-0.05, 0) is 55.6 Å². The number of fused-ring (bicyclic) bond motifs is 1. The van der Waals surface area contributed by atoms with Crippen LogP contribution in [0.2, 0.25) is 0 Å². The van der Waals surface area contributed by atoms with E-state index in [1.807, 2.05) is 31.2 Å². The second-order valence-corrected chi connectivity index (χ2v) is 9.23. The summed E-state index contributed by atoms with van der Waals surface area (Å²) in [7, 11) is 0. The molecule has 176 valence electrons. The lowest BCUT2D eigenvalue weighted by Crippen LogP contribution is -2.49. The van der Waals surface area contributed by atoms with E-state index < -0.39 is 6.04 Å². The first-order valence-corrected chi connectivity index (χ1v) is 12.2. The Morgan fingerprint density at radius 1 is 1.00 bits per heavy atom. The molecule has 2 amide bonds. The van der Waals surface area contributed by atoms with Crippen LogP contribution in [0.5, 0.6) is 0 Å². The van der Waals surface area contributed by atoms with Gasteiger partial charge in [0.1, 0.15) is 6.04 Å². The van der Waals surface area contributed by atoms with Crippen LogP contribution in [0.15, 0.2) is 42.5 Å². The largest absolute Gasteiger partial charge is 0.369 e. The average Bonchev–Trinajstić information content (AvgIpc) is 3.23. The highest BCUT2D eigenvalue weighted by atomic mass is 16.2. The lowest BCUT2D eigenvalue weighted by molar-refractivity contribution is -0.126. The molecule has 0 bridgehead atoms. The van der Waals surface area contributed by atoms with Crippen molar-refractivity contribution >= 4 is 23.2 Å². The molecule has 2 aromatic carbocycles. The first-order valence-electron chi connectivity index (χ1n) is 12.2. The number of piperazine rings is 1. The predicted octanol–water partition coefficient (Wildman–Crippen LogP) is 3.30. The molecule has 1 N–H and O–H groups in total. The first kappa shape index (κ1) is 23.3. The Morgan fingerprint density at radius 2 is 1.76 bits per heavy atom. The summed E-state index contributed by atoms with van der Waals surface area (Å²) >= 11 is 0. The number of carbonyl (C=O) groups is 2. The number of hydrogen-bond donors (Lipinski definition) is 1. The van der Waals surface area contributed by atoms with E-state index in [0.29, 0.717) is 19.4 Å². The van der Waals surface area contributed by atoms with Gasteiger partial charge in [0.25, 0.3) is 0 Å². The van der Waals surface area contributed by atoms with Crippen LogP contribution in [-0.2, 0) is 16.0 Å². The molecule has 2 aliphatic rings. The molecule has 0 aliphatic carbocycles. The monoisotopic (exact) mass is 448 g/mol. The predicted molar refractivity (Wildman–Crippen MR) is 134 cm³/mol. The smallest absolute Gasteiger partial charge is 0.243 e. The van der Waals surface area contributed by atoms with Crippen molar-refractivity contribution in [1.82, 2.24) is 10.2 Å². The molecule has 1 atom stereocenters. The van der Waals surface area contributed by atoms with E-state index in [1.165, 1.54) is 16.8 Å². The molecular weight excluding hydrogens is 412 g/mol. The minimum absolute atomic E-state index is 0.00168. The van der Waals surface area contributed by atoms with Gasteiger partial charge in [0.05, 0.1) is 0 Å². The third-order valence-electron chi connectivity index (χ3n) is 6.88. The lowest BCUT2D eigenvalue weighted by atomic mass is 10.1. The van der Waals surface area contributed by atoms with Crippen molar-refractivity contribution in [3.05, 3.63) is 59.2 Å². The summed E-state index contributed by atoms with van der Waals surface area (Å²) < 4.78 is 0. The molecule has 1 fully saturated rings. The van der Waals surface area contributed by atoms with Crippen LogP contribution in [0.3, 0.4) is 0 Å². The third-order valence-corrected chi connectivity index (χ3v) is 6.88. The molecule has 0 radical (unpaired) electrons. The molecule has 2 aromatic rings. The fourth-order valence-electron chi connectivity index (χ4n) is 4.98. The summed E-state index contributed by atoms with van der Waals surface area (Å²) in [6, 6.07) is 14.1. The maximum atomic E-state index is 12.9. The quantitative estimate of drug-likeness (QED) is 0.661. The van der Waals surface area contributed by atoms with Crippen molar-refractivity contribution in [1.29, 1.82) is 0 Å². The highest BCUT2D eigenvalue weighted by Crippen LogP contribution is 2.32. The summed E-state index contributed by atoms with van der Waals surface area (Å²) in [6.45, 7) is 11.9. The number of para-hydroxylation sites is 1. The highest BCUT2D eigenvalue weighted by Gasteiger charge is 2.37. The number of hydrogen-bond acceptors (Lipinski definition) is 4. The Balaban J connectivity index is 1.22. The van der Waals surface area contributed by atoms with Crippen LogP contribution in [-0.4, -0.2) is 62.0 Å². The molecule has 0 spiro atoms. The Morgan fingerprint density at radius 3 is 2.52 bits per heavy atom. The number of rotatable bonds is 7. The lowest BCUT2D eigenvalue weighted by Gasteiger charge is -2.37. The second-order valence-electron chi connectivity index (χ2n) is 9.23. The normalized spacial score (nSPS) is 18.3. The zero-order chi connectivity index (χ0) is 23.4. The molecule has 0 aromatic heterocycles. The Labute approximate surface area is 197 Å². The van der Waals surface area contributed by atoms with Gasteiger partial charge < -0.3 is 10.2 Å². The van der Waals surface area contributed by atoms with Gasteiger partial charge in [0.15, 0.2) is 0 Å². The molecular formula is C27H36N4O2. The molecule has 0 saturated carbocycles. The number of anilines is 2. The summed E-state index contributed by atoms with van der Waals surface area (Å²) in [6.07, 6.45) is 1.90. The first-order chi connectivity index (χ1) is 16.0. The molecule has 2 aliphatic heterocycles. The number of nitrogens with one attached hydrogen (secondary N) is 1. The number of benzene rings is 2. The summed E-state index contributed by atoms with van der Waals surface area (Å²) in [5.74, 6) is -0.0467. The van der Waals surface area contributed by atoms with Crippen molar-refractivity contribution in [3.63, 3.8) is 0 Å². The van der Waals surface area contributed by atoms with Crippen molar-refractivity contribution < 1.29 is 9.59 Å². The van der Waals surface area contributed by atoms with Gasteiger partial charge in [0, 0.05) is 56.9 Å². The molecule has 0 unspecified atom stereocenters. The van der Waals surface area contributed by atoms with Gasteiger partial charge in [-0.3, -0.25) is 19.4 Å². The van der Waals surface area contributed by atoms with Gasteiger partial charge >= 0.3 is 0 Å². The fourth-order valence-corrected chi connectivity index (χ4v) is 4.98. The summed E-state index contributed by atoms with van der Waals surface area (Å²) in [5, 5.41) is 3.09. The fraction of sp³-hybridized carbons (Fsp3) is 0.481. The third kappa shape index (κ3) is 5.22. The molecule has 2 heterocycles. The number of carbonyl (C=O) groups excluding carboxylic acids is 2. The van der Waals surface area contributed by atoms with E-state index in [1.54, 1.807) is 4.90 Å². The van der Waals surface area contributed by atoms with Crippen LogP contribution in [0.1, 0.15) is 36.5 Å². The van der Waals surface area contributed by atoms with Crippen LogP contribution >= 0.6 is 0 Å². The van der Waals surface area contributed by atoms with E-state index in [2.05, 4.69) is 47.2 Å². The Bertz CT molecular complexity index is 997. The second kappa shape index (κ2) is 10.4. The minimum Gasteiger partial charge on any atom is -0.369 e. The van der Waals surface area contributed by atoms with E-state index in [4.69, 9.17) is 0 Å². The zero-order valence-electron chi connectivity index (χ0n) is 20.1. The standard InChI is InChI=1S/C27H36N4O2/c1-4-26(32)31-23-9-6-5-8-22(23)19-25(31)27(33)28-12-7-13-29-14-16-30(17-15-29)24-18-20(2)10-11-21(24)3/h5-6,8-11,18,25H,4,7,12-17,19H2,1-3H3,(H,28,33)/t25-/m1/s1. The van der Waals surface area contributed by atoms with Gasteiger partial charge in [0.2, 0.25) is 11.8 Å². The molecule has 33 heavy (non-hydrogen) atoms. The van der Waals surface area contributed by atoms with Crippen LogP contribution in [0.4, 0.5) is 11.4 Å². The van der Waals surface area contributed by atoms with E-state index in [0.717, 1.165) is 50.4 Å². The van der Waals surface area contributed by atoms with E-state index in [-0.39, 0.29) is 11.8 Å². The Hall–Kier alpha value is -2.86. The van der Waals surface area contributed by atoms with Gasteiger partial charge in [-0.25, -0.2) is 0 Å². The minimum atomic E-state index is -0.434. The molecule has 1 saturated heterocycles. The number of amides is 2. The van der Waals surface area contributed by atoms with Gasteiger partial charge in [-0.1, -0.05) is 37.3 Å². The topological polar surface area (TPSA) is 55.9 Å². The van der Waals surface area contributed by atoms with Crippen molar-refractivity contribution in [2.75, 3.05) is 49.1 Å². The molecule has 6 nitrogen and oxygen atoms in total. The van der Waals surface area contributed by atoms with E-state index in [9.17, 15) is 9.59 Å². The zero-order valence-corrected chi connectivity index (χ0v) is 20.1. The molecule has 4 rings (SSSR count). The SMILES string of the molecule is CCC(=O)N1c2ccccc2C[C@@H]1C(=O)NCCCN1CCN(c2cc(C)ccc2C)CC1. The summed E-state index contributed by atoms with van der Waals surface area (Å²) in [4.78, 5) is 32.1. The van der Waals surface area contributed by atoms with Crippen molar-refractivity contribution in [2.45, 2.75) is 46.1 Å². The van der Waals surface area contributed by atoms with Crippen molar-refractivity contribution in [2.24, 2.45) is 0 Å². The van der Waals surface area contributed by atoms with Crippen LogP contribution < -0.4 is 15.1 Å². The Kier molecular flexibility index (Phi) is 7.33.